The smallest absolute Gasteiger partial charge is 0.270 e. The molecule has 0 aliphatic heterocycles. The number of nitrogens with one attached hydrogen (secondary N) is 1. The van der Waals surface area contributed by atoms with Gasteiger partial charge in [-0.05, 0) is 54.6 Å². The fourth-order valence-electron chi connectivity index (χ4n) is 4.73. The molecule has 0 radical (unpaired) electrons. The molecule has 0 saturated heterocycles. The second-order valence-electron chi connectivity index (χ2n) is 9.30. The summed E-state index contributed by atoms with van der Waals surface area (Å²) in [5, 5.41) is 3.19. The third-order valence-electron chi connectivity index (χ3n) is 6.63. The van der Waals surface area contributed by atoms with Crippen molar-refractivity contribution in [3.63, 3.8) is 0 Å². The molecule has 1 aliphatic carbocycles. The molecule has 1 atom stereocenters. The lowest BCUT2D eigenvalue weighted by molar-refractivity contribution is -0.127. The van der Waals surface area contributed by atoms with Gasteiger partial charge in [0, 0.05) is 12.6 Å². The van der Waals surface area contributed by atoms with E-state index in [1.807, 2.05) is 37.3 Å². The van der Waals surface area contributed by atoms with E-state index in [0.717, 1.165) is 49.2 Å². The van der Waals surface area contributed by atoms with Crippen molar-refractivity contribution in [3.8, 4) is 5.75 Å². The van der Waals surface area contributed by atoms with Crippen molar-refractivity contribution in [2.24, 2.45) is 5.73 Å². The monoisotopic (exact) mass is 535 g/mol. The molecule has 1 fully saturated rings. The molecule has 200 valence electrons. The van der Waals surface area contributed by atoms with Crippen molar-refractivity contribution in [1.29, 1.82) is 0 Å². The standard InChI is InChI=1S/C28H33N5O4S/c1-2-37-21-15-13-19(14-16-21)24(27(35)31-20-11-7-4-8-12-20)33(17-18-9-5-3-6-10-18)28(36)25-22(29)23(26(30)34)32-38-25/h3,5-6,9-10,13-16,20,24H,2,4,7-8,11-12,17,29H2,1H3,(H2,30,34)(H,31,35)/t24-/m1/s1. The number of aromatic nitrogens is 1. The van der Waals surface area contributed by atoms with Gasteiger partial charge < -0.3 is 26.4 Å². The average Bonchev–Trinajstić information content (AvgIpc) is 3.31. The maximum atomic E-state index is 14.0. The van der Waals surface area contributed by atoms with Gasteiger partial charge in [0.15, 0.2) is 5.69 Å². The van der Waals surface area contributed by atoms with Crippen LogP contribution in [0.3, 0.4) is 0 Å². The van der Waals surface area contributed by atoms with Gasteiger partial charge in [-0.15, -0.1) is 0 Å². The molecule has 1 aliphatic rings. The molecular formula is C28H33N5O4S. The molecule has 0 unspecified atom stereocenters. The molecule has 4 rings (SSSR count). The summed E-state index contributed by atoms with van der Waals surface area (Å²) >= 11 is 0.802. The first-order chi connectivity index (χ1) is 18.4. The van der Waals surface area contributed by atoms with Crippen molar-refractivity contribution in [2.45, 2.75) is 57.7 Å². The third kappa shape index (κ3) is 6.31. The van der Waals surface area contributed by atoms with Crippen molar-refractivity contribution in [3.05, 3.63) is 76.3 Å². The summed E-state index contributed by atoms with van der Waals surface area (Å²) in [5.74, 6) is -0.926. The van der Waals surface area contributed by atoms with Crippen molar-refractivity contribution in [1.82, 2.24) is 14.6 Å². The molecule has 2 aromatic carbocycles. The Morgan fingerprint density at radius 2 is 1.76 bits per heavy atom. The van der Waals surface area contributed by atoms with Gasteiger partial charge >= 0.3 is 0 Å². The van der Waals surface area contributed by atoms with Crippen molar-refractivity contribution >= 4 is 34.9 Å². The Morgan fingerprint density at radius 3 is 2.37 bits per heavy atom. The zero-order valence-corrected chi connectivity index (χ0v) is 22.2. The number of hydrogen-bond acceptors (Lipinski definition) is 7. The number of ether oxygens (including phenoxy) is 1. The first-order valence-electron chi connectivity index (χ1n) is 12.8. The largest absolute Gasteiger partial charge is 0.494 e. The van der Waals surface area contributed by atoms with Gasteiger partial charge in [0.2, 0.25) is 5.91 Å². The lowest BCUT2D eigenvalue weighted by atomic mass is 9.94. The minimum absolute atomic E-state index is 0.0464. The molecule has 3 aromatic rings. The minimum atomic E-state index is -0.959. The van der Waals surface area contributed by atoms with E-state index in [1.165, 1.54) is 4.90 Å². The number of rotatable bonds is 10. The first-order valence-corrected chi connectivity index (χ1v) is 13.6. The maximum Gasteiger partial charge on any atom is 0.270 e. The van der Waals surface area contributed by atoms with Crippen LogP contribution in [0.2, 0.25) is 0 Å². The number of hydrogen-bond donors (Lipinski definition) is 3. The summed E-state index contributed by atoms with van der Waals surface area (Å²) in [4.78, 5) is 41.3. The number of benzene rings is 2. The van der Waals surface area contributed by atoms with E-state index in [0.29, 0.717) is 17.9 Å². The Balaban J connectivity index is 1.77. The van der Waals surface area contributed by atoms with Crippen LogP contribution in [0.1, 0.15) is 76.4 Å². The summed E-state index contributed by atoms with van der Waals surface area (Å²) in [7, 11) is 0. The zero-order valence-electron chi connectivity index (χ0n) is 21.4. The van der Waals surface area contributed by atoms with Crippen LogP contribution >= 0.6 is 11.5 Å². The van der Waals surface area contributed by atoms with Gasteiger partial charge in [0.1, 0.15) is 16.7 Å². The predicted octanol–water partition coefficient (Wildman–Crippen LogP) is 4.06. The number of anilines is 1. The Hall–Kier alpha value is -3.92. The fourth-order valence-corrected chi connectivity index (χ4v) is 5.49. The van der Waals surface area contributed by atoms with Crippen LogP contribution in [0.4, 0.5) is 5.69 Å². The third-order valence-corrected chi connectivity index (χ3v) is 7.48. The van der Waals surface area contributed by atoms with Gasteiger partial charge in [-0.2, -0.15) is 4.37 Å². The van der Waals surface area contributed by atoms with Crippen LogP contribution in [-0.4, -0.2) is 39.6 Å². The number of nitrogen functional groups attached to an aromatic ring is 1. The Bertz CT molecular complexity index is 1260. The Kier molecular flexibility index (Phi) is 8.96. The van der Waals surface area contributed by atoms with Crippen LogP contribution in [0.5, 0.6) is 5.75 Å². The molecule has 3 amide bonds. The fraction of sp³-hybridized carbons (Fsp3) is 0.357. The number of carbonyl (C=O) groups excluding carboxylic acids is 3. The molecule has 5 N–H and O–H groups in total. The van der Waals surface area contributed by atoms with E-state index >= 15 is 0 Å². The highest BCUT2D eigenvalue weighted by atomic mass is 32.1. The predicted molar refractivity (Wildman–Crippen MR) is 147 cm³/mol. The lowest BCUT2D eigenvalue weighted by Crippen LogP contribution is -2.46. The van der Waals surface area contributed by atoms with Crippen LogP contribution in [0, 0.1) is 0 Å². The molecule has 9 nitrogen and oxygen atoms in total. The van der Waals surface area contributed by atoms with Gasteiger partial charge in [0.05, 0.1) is 12.3 Å². The van der Waals surface area contributed by atoms with Crippen LogP contribution in [0.25, 0.3) is 0 Å². The van der Waals surface area contributed by atoms with E-state index < -0.39 is 17.9 Å². The van der Waals surface area contributed by atoms with Gasteiger partial charge in [0.25, 0.3) is 11.8 Å². The maximum absolute atomic E-state index is 14.0. The summed E-state index contributed by atoms with van der Waals surface area (Å²) in [6.45, 7) is 2.55. The second kappa shape index (κ2) is 12.6. The van der Waals surface area contributed by atoms with E-state index in [1.54, 1.807) is 24.3 Å². The van der Waals surface area contributed by atoms with Crippen molar-refractivity contribution in [2.75, 3.05) is 12.3 Å². The molecule has 0 spiro atoms. The number of carbonyl (C=O) groups is 3. The van der Waals surface area contributed by atoms with E-state index in [9.17, 15) is 14.4 Å². The summed E-state index contributed by atoms with van der Waals surface area (Å²) in [5.41, 5.74) is 12.8. The highest BCUT2D eigenvalue weighted by Crippen LogP contribution is 2.31. The van der Waals surface area contributed by atoms with E-state index in [4.69, 9.17) is 16.2 Å². The number of amides is 3. The highest BCUT2D eigenvalue weighted by molar-refractivity contribution is 7.09. The zero-order chi connectivity index (χ0) is 27.1. The first kappa shape index (κ1) is 27.1. The molecule has 1 aromatic heterocycles. The van der Waals surface area contributed by atoms with E-state index in [-0.39, 0.29) is 34.8 Å². The molecule has 0 bridgehead atoms. The second-order valence-corrected chi connectivity index (χ2v) is 10.1. The van der Waals surface area contributed by atoms with E-state index in [2.05, 4.69) is 9.69 Å². The normalized spacial score (nSPS) is 14.4. The molecular weight excluding hydrogens is 502 g/mol. The number of primary amides is 1. The summed E-state index contributed by atoms with van der Waals surface area (Å²) < 4.78 is 9.59. The van der Waals surface area contributed by atoms with Gasteiger partial charge in [-0.1, -0.05) is 61.7 Å². The van der Waals surface area contributed by atoms with Gasteiger partial charge in [-0.25, -0.2) is 0 Å². The van der Waals surface area contributed by atoms with Crippen molar-refractivity contribution < 1.29 is 19.1 Å². The highest BCUT2D eigenvalue weighted by Gasteiger charge is 2.36. The minimum Gasteiger partial charge on any atom is -0.494 e. The SMILES string of the molecule is CCOc1ccc([C@H](C(=O)NC2CCCCC2)N(Cc2ccccc2)C(=O)c2snc(C(N)=O)c2N)cc1. The Labute approximate surface area is 226 Å². The number of nitrogens with two attached hydrogens (primary N) is 2. The van der Waals surface area contributed by atoms with Crippen LogP contribution in [0.15, 0.2) is 54.6 Å². The topological polar surface area (TPSA) is 141 Å². The quantitative estimate of drug-likeness (QED) is 0.358. The van der Waals surface area contributed by atoms with Gasteiger partial charge in [-0.3, -0.25) is 14.4 Å². The van der Waals surface area contributed by atoms with Crippen LogP contribution < -0.4 is 21.5 Å². The summed E-state index contributed by atoms with van der Waals surface area (Å²) in [6, 6.07) is 15.7. The summed E-state index contributed by atoms with van der Waals surface area (Å²) in [6.07, 6.45) is 5.06. The molecule has 10 heteroatoms. The average molecular weight is 536 g/mol. The number of nitrogens with zero attached hydrogens (tertiary/aromatic N) is 2. The van der Waals surface area contributed by atoms with Crippen LogP contribution in [-0.2, 0) is 11.3 Å². The molecule has 1 heterocycles. The Morgan fingerprint density at radius 1 is 1.08 bits per heavy atom. The lowest BCUT2D eigenvalue weighted by Gasteiger charge is -2.33. The molecule has 38 heavy (non-hydrogen) atoms. The molecule has 1 saturated carbocycles.